The van der Waals surface area contributed by atoms with Crippen LogP contribution in [0.3, 0.4) is 0 Å². The van der Waals surface area contributed by atoms with E-state index in [1.54, 1.807) is 24.1 Å². The Morgan fingerprint density at radius 3 is 2.52 bits per heavy atom. The van der Waals surface area contributed by atoms with Crippen LogP contribution in [0, 0.1) is 10.1 Å². The van der Waals surface area contributed by atoms with Gasteiger partial charge in [-0.2, -0.15) is 0 Å². The maximum absolute atomic E-state index is 12.6. The van der Waals surface area contributed by atoms with Crippen LogP contribution < -0.4 is 5.32 Å². The quantitative estimate of drug-likeness (QED) is 0.665. The molecule has 0 bridgehead atoms. The Hall–Kier alpha value is -2.11. The minimum Gasteiger partial charge on any atom is -0.377 e. The van der Waals surface area contributed by atoms with Gasteiger partial charge in [-0.1, -0.05) is 19.3 Å². The van der Waals surface area contributed by atoms with Crippen molar-refractivity contribution in [2.75, 3.05) is 12.4 Å². The van der Waals surface area contributed by atoms with Crippen molar-refractivity contribution in [3.63, 3.8) is 0 Å². The van der Waals surface area contributed by atoms with Crippen LogP contribution in [-0.2, 0) is 0 Å². The van der Waals surface area contributed by atoms with Crippen LogP contribution in [-0.4, -0.2) is 34.9 Å². The first-order chi connectivity index (χ1) is 11.1. The number of nitro groups is 1. The fourth-order valence-electron chi connectivity index (χ4n) is 3.22. The smallest absolute Gasteiger partial charge is 0.293 e. The minimum atomic E-state index is -0.415. The number of anilines is 1. The van der Waals surface area contributed by atoms with Crippen molar-refractivity contribution < 1.29 is 9.72 Å². The maximum atomic E-state index is 12.6. The third-order valence-corrected chi connectivity index (χ3v) is 4.82. The van der Waals surface area contributed by atoms with Gasteiger partial charge >= 0.3 is 0 Å². The summed E-state index contributed by atoms with van der Waals surface area (Å²) in [5.41, 5.74) is 0.889. The van der Waals surface area contributed by atoms with Gasteiger partial charge in [-0.15, -0.1) is 0 Å². The third-order valence-electron chi connectivity index (χ3n) is 4.82. The van der Waals surface area contributed by atoms with Gasteiger partial charge in [0, 0.05) is 30.8 Å². The maximum Gasteiger partial charge on any atom is 0.293 e. The topological polar surface area (TPSA) is 75.5 Å². The Balaban J connectivity index is 1.79. The normalized spacial score (nSPS) is 18.5. The Morgan fingerprint density at radius 1 is 1.22 bits per heavy atom. The SMILES string of the molecule is CN(C(=O)c1ccc(NC2CC2)c([N+](=O)[O-])c1)C1CCCCC1. The first kappa shape index (κ1) is 15.8. The lowest BCUT2D eigenvalue weighted by molar-refractivity contribution is -0.384. The van der Waals surface area contributed by atoms with Gasteiger partial charge in [0.05, 0.1) is 4.92 Å². The molecule has 1 amide bonds. The molecular weight excluding hydrogens is 294 g/mol. The molecule has 6 nitrogen and oxygen atoms in total. The molecule has 0 heterocycles. The number of rotatable bonds is 5. The molecule has 0 atom stereocenters. The second-order valence-electron chi connectivity index (χ2n) is 6.62. The summed E-state index contributed by atoms with van der Waals surface area (Å²) in [7, 11) is 1.81. The Kier molecular flexibility index (Phi) is 4.50. The van der Waals surface area contributed by atoms with Crippen LogP contribution in [0.15, 0.2) is 18.2 Å². The molecule has 3 rings (SSSR count). The summed E-state index contributed by atoms with van der Waals surface area (Å²) in [5, 5.41) is 14.5. The zero-order valence-corrected chi connectivity index (χ0v) is 13.5. The molecule has 6 heteroatoms. The highest BCUT2D eigenvalue weighted by Gasteiger charge is 2.27. The number of hydrogen-bond donors (Lipinski definition) is 1. The van der Waals surface area contributed by atoms with Crippen molar-refractivity contribution in [2.24, 2.45) is 0 Å². The van der Waals surface area contributed by atoms with E-state index in [0.29, 0.717) is 17.3 Å². The van der Waals surface area contributed by atoms with E-state index in [-0.39, 0.29) is 17.6 Å². The fourth-order valence-corrected chi connectivity index (χ4v) is 3.22. The lowest BCUT2D eigenvalue weighted by Gasteiger charge is -2.31. The van der Waals surface area contributed by atoms with Crippen molar-refractivity contribution in [3.8, 4) is 0 Å². The van der Waals surface area contributed by atoms with Gasteiger partial charge in [0.2, 0.25) is 0 Å². The van der Waals surface area contributed by atoms with E-state index in [9.17, 15) is 14.9 Å². The van der Waals surface area contributed by atoms with Gasteiger partial charge in [0.1, 0.15) is 5.69 Å². The zero-order chi connectivity index (χ0) is 16.4. The number of carbonyl (C=O) groups is 1. The number of hydrogen-bond acceptors (Lipinski definition) is 4. The number of amides is 1. The van der Waals surface area contributed by atoms with Crippen molar-refractivity contribution in [2.45, 2.75) is 57.0 Å². The first-order valence-corrected chi connectivity index (χ1v) is 8.38. The molecule has 2 aliphatic rings. The van der Waals surface area contributed by atoms with Crippen molar-refractivity contribution in [3.05, 3.63) is 33.9 Å². The molecule has 1 aromatic carbocycles. The standard InChI is InChI=1S/C17H23N3O3/c1-19(14-5-3-2-4-6-14)17(21)12-7-10-15(18-13-8-9-13)16(11-12)20(22)23/h7,10-11,13-14,18H,2-6,8-9H2,1H3. The van der Waals surface area contributed by atoms with Crippen LogP contribution in [0.25, 0.3) is 0 Å². The molecular formula is C17H23N3O3. The summed E-state index contributed by atoms with van der Waals surface area (Å²) in [6, 6.07) is 5.35. The molecule has 2 aliphatic carbocycles. The van der Waals surface area contributed by atoms with E-state index in [4.69, 9.17) is 0 Å². The van der Waals surface area contributed by atoms with E-state index in [2.05, 4.69) is 5.32 Å². The molecule has 0 unspecified atom stereocenters. The van der Waals surface area contributed by atoms with Crippen LogP contribution in [0.4, 0.5) is 11.4 Å². The Bertz CT molecular complexity index is 607. The van der Waals surface area contributed by atoms with E-state index in [0.717, 1.165) is 38.5 Å². The van der Waals surface area contributed by atoms with E-state index in [1.165, 1.54) is 12.5 Å². The second-order valence-corrected chi connectivity index (χ2v) is 6.62. The van der Waals surface area contributed by atoms with Gasteiger partial charge in [-0.3, -0.25) is 14.9 Å². The van der Waals surface area contributed by atoms with Crippen molar-refractivity contribution in [1.29, 1.82) is 0 Å². The molecule has 0 aromatic heterocycles. The van der Waals surface area contributed by atoms with Gasteiger partial charge in [0.25, 0.3) is 11.6 Å². The van der Waals surface area contributed by atoms with Crippen LogP contribution in [0.5, 0.6) is 0 Å². The lowest BCUT2D eigenvalue weighted by atomic mass is 9.94. The van der Waals surface area contributed by atoms with Crippen molar-refractivity contribution in [1.82, 2.24) is 4.90 Å². The zero-order valence-electron chi connectivity index (χ0n) is 13.5. The third kappa shape index (κ3) is 3.63. The summed E-state index contributed by atoms with van der Waals surface area (Å²) < 4.78 is 0. The monoisotopic (exact) mass is 317 g/mol. The molecule has 1 N–H and O–H groups in total. The number of nitrogens with one attached hydrogen (secondary N) is 1. The van der Waals surface area contributed by atoms with Crippen molar-refractivity contribution >= 4 is 17.3 Å². The highest BCUT2D eigenvalue weighted by atomic mass is 16.6. The summed E-state index contributed by atoms with van der Waals surface area (Å²) in [6.45, 7) is 0. The number of nitrogens with zero attached hydrogens (tertiary/aromatic N) is 2. The largest absolute Gasteiger partial charge is 0.377 e. The predicted octanol–water partition coefficient (Wildman–Crippen LogP) is 3.57. The van der Waals surface area contributed by atoms with Gasteiger partial charge in [0.15, 0.2) is 0 Å². The summed E-state index contributed by atoms with van der Waals surface area (Å²) in [4.78, 5) is 25.3. The predicted molar refractivity (Wildman–Crippen MR) is 88.7 cm³/mol. The molecule has 0 radical (unpaired) electrons. The van der Waals surface area contributed by atoms with E-state index in [1.807, 2.05) is 0 Å². The summed E-state index contributed by atoms with van der Waals surface area (Å²) in [6.07, 6.45) is 7.65. The van der Waals surface area contributed by atoms with Crippen LogP contribution in [0.2, 0.25) is 0 Å². The van der Waals surface area contributed by atoms with Gasteiger partial charge in [-0.25, -0.2) is 0 Å². The molecule has 23 heavy (non-hydrogen) atoms. The second kappa shape index (κ2) is 6.56. The average Bonchev–Trinajstić information content (AvgIpc) is 3.38. The fraction of sp³-hybridized carbons (Fsp3) is 0.588. The lowest BCUT2D eigenvalue weighted by Crippen LogP contribution is -2.38. The minimum absolute atomic E-state index is 0.0141. The van der Waals surface area contributed by atoms with E-state index < -0.39 is 4.92 Å². The molecule has 124 valence electrons. The number of benzene rings is 1. The molecule has 2 fully saturated rings. The summed E-state index contributed by atoms with van der Waals surface area (Å²) >= 11 is 0. The molecule has 0 spiro atoms. The Morgan fingerprint density at radius 2 is 1.91 bits per heavy atom. The molecule has 0 saturated heterocycles. The number of carbonyl (C=O) groups excluding carboxylic acids is 1. The van der Waals surface area contributed by atoms with E-state index >= 15 is 0 Å². The highest BCUT2D eigenvalue weighted by Crippen LogP contribution is 2.32. The summed E-state index contributed by atoms with van der Waals surface area (Å²) in [5.74, 6) is -0.127. The van der Waals surface area contributed by atoms with Crippen LogP contribution >= 0.6 is 0 Å². The average molecular weight is 317 g/mol. The van der Waals surface area contributed by atoms with Gasteiger partial charge in [-0.05, 0) is 37.8 Å². The Labute approximate surface area is 136 Å². The first-order valence-electron chi connectivity index (χ1n) is 8.38. The molecule has 1 aromatic rings. The van der Waals surface area contributed by atoms with Gasteiger partial charge < -0.3 is 10.2 Å². The van der Waals surface area contributed by atoms with Crippen LogP contribution in [0.1, 0.15) is 55.3 Å². The molecule has 2 saturated carbocycles. The highest BCUT2D eigenvalue weighted by molar-refractivity contribution is 5.95. The molecule has 0 aliphatic heterocycles. The number of nitro benzene ring substituents is 1.